The van der Waals surface area contributed by atoms with Crippen molar-refractivity contribution in [2.45, 2.75) is 52.1 Å². The normalized spacial score (nSPS) is 13.2. The van der Waals surface area contributed by atoms with E-state index < -0.39 is 0 Å². The summed E-state index contributed by atoms with van der Waals surface area (Å²) in [6.07, 6.45) is 3.64. The van der Waals surface area contributed by atoms with Gasteiger partial charge in [-0.1, -0.05) is 38.1 Å². The van der Waals surface area contributed by atoms with Crippen molar-refractivity contribution in [3.8, 4) is 0 Å². The van der Waals surface area contributed by atoms with Crippen LogP contribution in [0, 0.1) is 6.92 Å². The second-order valence-corrected chi connectivity index (χ2v) is 5.44. The lowest BCUT2D eigenvalue weighted by molar-refractivity contribution is 0.219. The van der Waals surface area contributed by atoms with Crippen LogP contribution in [0.5, 0.6) is 0 Å². The standard InChI is InChI=1S/C17H30N2/c1-6-15(7-2)19(5)13-12-17(18-4)16-11-9-8-10-14(16)3/h8-11,15,17-18H,6-7,12-13H2,1-5H3. The van der Waals surface area contributed by atoms with Crippen molar-refractivity contribution in [1.82, 2.24) is 10.2 Å². The highest BCUT2D eigenvalue weighted by atomic mass is 15.1. The maximum atomic E-state index is 3.46. The molecule has 1 aromatic carbocycles. The largest absolute Gasteiger partial charge is 0.313 e. The van der Waals surface area contributed by atoms with Crippen LogP contribution in [0.1, 0.15) is 50.3 Å². The van der Waals surface area contributed by atoms with Crippen LogP contribution in [-0.4, -0.2) is 31.6 Å². The summed E-state index contributed by atoms with van der Waals surface area (Å²) in [6.45, 7) is 7.90. The monoisotopic (exact) mass is 262 g/mol. The van der Waals surface area contributed by atoms with E-state index in [1.165, 1.54) is 24.0 Å². The first-order valence-corrected chi connectivity index (χ1v) is 7.57. The molecule has 1 rings (SSSR count). The van der Waals surface area contributed by atoms with E-state index >= 15 is 0 Å². The molecule has 1 unspecified atom stereocenters. The van der Waals surface area contributed by atoms with Crippen LogP contribution < -0.4 is 5.32 Å². The number of nitrogens with one attached hydrogen (secondary N) is 1. The van der Waals surface area contributed by atoms with Crippen molar-refractivity contribution in [2.24, 2.45) is 0 Å². The van der Waals surface area contributed by atoms with E-state index in [0.29, 0.717) is 6.04 Å². The molecular weight excluding hydrogens is 232 g/mol. The highest BCUT2D eigenvalue weighted by molar-refractivity contribution is 5.28. The molecule has 0 fully saturated rings. The van der Waals surface area contributed by atoms with Crippen molar-refractivity contribution in [3.05, 3.63) is 35.4 Å². The number of hydrogen-bond donors (Lipinski definition) is 1. The molecule has 0 saturated heterocycles. The lowest BCUT2D eigenvalue weighted by Gasteiger charge is -2.28. The molecule has 0 aliphatic heterocycles. The van der Waals surface area contributed by atoms with E-state index in [1.807, 2.05) is 0 Å². The number of rotatable bonds is 8. The molecule has 2 nitrogen and oxygen atoms in total. The van der Waals surface area contributed by atoms with Crippen molar-refractivity contribution >= 4 is 0 Å². The fourth-order valence-corrected chi connectivity index (χ4v) is 2.86. The van der Waals surface area contributed by atoms with Crippen LogP contribution in [0.25, 0.3) is 0 Å². The summed E-state index contributed by atoms with van der Waals surface area (Å²) < 4.78 is 0. The van der Waals surface area contributed by atoms with Crippen LogP contribution in [-0.2, 0) is 0 Å². The predicted molar refractivity (Wildman–Crippen MR) is 84.6 cm³/mol. The second kappa shape index (κ2) is 8.34. The zero-order valence-electron chi connectivity index (χ0n) is 13.2. The maximum absolute atomic E-state index is 3.46. The van der Waals surface area contributed by atoms with Gasteiger partial charge in [-0.05, 0) is 58.0 Å². The van der Waals surface area contributed by atoms with Gasteiger partial charge in [0.2, 0.25) is 0 Å². The molecule has 0 heterocycles. The smallest absolute Gasteiger partial charge is 0.0332 e. The summed E-state index contributed by atoms with van der Waals surface area (Å²) >= 11 is 0. The Morgan fingerprint density at radius 3 is 2.32 bits per heavy atom. The quantitative estimate of drug-likeness (QED) is 0.767. The lowest BCUT2D eigenvalue weighted by Crippen LogP contribution is -2.33. The third-order valence-corrected chi connectivity index (χ3v) is 4.25. The zero-order valence-corrected chi connectivity index (χ0v) is 13.2. The number of nitrogens with zero attached hydrogens (tertiary/aromatic N) is 1. The first-order valence-electron chi connectivity index (χ1n) is 7.57. The van der Waals surface area contributed by atoms with Crippen LogP contribution in [0.4, 0.5) is 0 Å². The molecule has 0 aliphatic rings. The van der Waals surface area contributed by atoms with Gasteiger partial charge in [0.15, 0.2) is 0 Å². The van der Waals surface area contributed by atoms with Crippen LogP contribution in [0.2, 0.25) is 0 Å². The molecule has 19 heavy (non-hydrogen) atoms. The van der Waals surface area contributed by atoms with Gasteiger partial charge in [0.05, 0.1) is 0 Å². The molecule has 0 saturated carbocycles. The topological polar surface area (TPSA) is 15.3 Å². The van der Waals surface area contributed by atoms with Gasteiger partial charge < -0.3 is 10.2 Å². The summed E-state index contributed by atoms with van der Waals surface area (Å²) in [7, 11) is 4.32. The van der Waals surface area contributed by atoms with Gasteiger partial charge in [-0.2, -0.15) is 0 Å². The summed E-state index contributed by atoms with van der Waals surface area (Å²) in [5.41, 5.74) is 2.81. The van der Waals surface area contributed by atoms with E-state index in [0.717, 1.165) is 19.0 Å². The SMILES string of the molecule is CCC(CC)N(C)CCC(NC)c1ccccc1C. The average Bonchev–Trinajstić information content (AvgIpc) is 2.42. The minimum atomic E-state index is 0.456. The first kappa shape index (κ1) is 16.2. The van der Waals surface area contributed by atoms with Crippen molar-refractivity contribution < 1.29 is 0 Å². The van der Waals surface area contributed by atoms with Gasteiger partial charge in [0.25, 0.3) is 0 Å². The number of aryl methyl sites for hydroxylation is 1. The molecule has 1 aromatic rings. The molecule has 1 N–H and O–H groups in total. The molecule has 1 atom stereocenters. The molecule has 0 bridgehead atoms. The third-order valence-electron chi connectivity index (χ3n) is 4.25. The Bertz CT molecular complexity index is 358. The van der Waals surface area contributed by atoms with Gasteiger partial charge in [-0.15, -0.1) is 0 Å². The summed E-state index contributed by atoms with van der Waals surface area (Å²) in [4.78, 5) is 2.50. The summed E-state index contributed by atoms with van der Waals surface area (Å²) in [6, 6.07) is 9.87. The molecule has 0 aromatic heterocycles. The minimum Gasteiger partial charge on any atom is -0.313 e. The molecule has 0 radical (unpaired) electrons. The fraction of sp³-hybridized carbons (Fsp3) is 0.647. The summed E-state index contributed by atoms with van der Waals surface area (Å²) in [5.74, 6) is 0. The molecule has 108 valence electrons. The van der Waals surface area contributed by atoms with Gasteiger partial charge in [-0.25, -0.2) is 0 Å². The second-order valence-electron chi connectivity index (χ2n) is 5.44. The first-order chi connectivity index (χ1) is 9.13. The van der Waals surface area contributed by atoms with Gasteiger partial charge >= 0.3 is 0 Å². The van der Waals surface area contributed by atoms with E-state index in [4.69, 9.17) is 0 Å². The van der Waals surface area contributed by atoms with Crippen molar-refractivity contribution in [1.29, 1.82) is 0 Å². The lowest BCUT2D eigenvalue weighted by atomic mass is 9.98. The molecule has 2 heteroatoms. The number of hydrogen-bond acceptors (Lipinski definition) is 2. The fourth-order valence-electron chi connectivity index (χ4n) is 2.86. The third kappa shape index (κ3) is 4.63. The van der Waals surface area contributed by atoms with Crippen LogP contribution in [0.15, 0.2) is 24.3 Å². The molecule has 0 aliphatic carbocycles. The highest BCUT2D eigenvalue weighted by Gasteiger charge is 2.15. The Hall–Kier alpha value is -0.860. The Morgan fingerprint density at radius 1 is 1.16 bits per heavy atom. The van der Waals surface area contributed by atoms with Crippen molar-refractivity contribution in [2.75, 3.05) is 20.6 Å². The van der Waals surface area contributed by atoms with E-state index in [-0.39, 0.29) is 0 Å². The van der Waals surface area contributed by atoms with Crippen molar-refractivity contribution in [3.63, 3.8) is 0 Å². The molecule has 0 amide bonds. The Kier molecular flexibility index (Phi) is 7.11. The van der Waals surface area contributed by atoms with Gasteiger partial charge in [0.1, 0.15) is 0 Å². The van der Waals surface area contributed by atoms with E-state index in [1.54, 1.807) is 0 Å². The average molecular weight is 262 g/mol. The molecule has 0 spiro atoms. The van der Waals surface area contributed by atoms with E-state index in [2.05, 4.69) is 69.3 Å². The van der Waals surface area contributed by atoms with E-state index in [9.17, 15) is 0 Å². The Labute approximate surface area is 119 Å². The highest BCUT2D eigenvalue weighted by Crippen LogP contribution is 2.21. The molecular formula is C17H30N2. The van der Waals surface area contributed by atoms with Crippen LogP contribution in [0.3, 0.4) is 0 Å². The van der Waals surface area contributed by atoms with Gasteiger partial charge in [0, 0.05) is 12.1 Å². The Morgan fingerprint density at radius 2 is 1.79 bits per heavy atom. The summed E-state index contributed by atoms with van der Waals surface area (Å²) in [5, 5.41) is 3.46. The van der Waals surface area contributed by atoms with Crippen LogP contribution >= 0.6 is 0 Å². The zero-order chi connectivity index (χ0) is 14.3. The number of benzene rings is 1. The maximum Gasteiger partial charge on any atom is 0.0332 e. The Balaban J connectivity index is 2.61. The minimum absolute atomic E-state index is 0.456. The predicted octanol–water partition coefficient (Wildman–Crippen LogP) is 3.77. The van der Waals surface area contributed by atoms with Gasteiger partial charge in [-0.3, -0.25) is 0 Å².